The molecule has 4 nitrogen and oxygen atoms in total. The average Bonchev–Trinajstić information content (AvgIpc) is 2.91. The predicted molar refractivity (Wildman–Crippen MR) is 74.0 cm³/mol. The Morgan fingerprint density at radius 1 is 1.21 bits per heavy atom. The van der Waals surface area contributed by atoms with Crippen molar-refractivity contribution < 1.29 is 13.7 Å². The van der Waals surface area contributed by atoms with Crippen molar-refractivity contribution in [3.63, 3.8) is 0 Å². The summed E-state index contributed by atoms with van der Waals surface area (Å²) in [6.07, 6.45) is 1.41. The van der Waals surface area contributed by atoms with Crippen LogP contribution in [0.2, 0.25) is 0 Å². The molecule has 0 saturated carbocycles. The lowest BCUT2D eigenvalue weighted by Gasteiger charge is -2.02. The molecule has 1 amide bonds. The second kappa shape index (κ2) is 9.82. The van der Waals surface area contributed by atoms with E-state index in [2.05, 4.69) is 10.5 Å². The zero-order chi connectivity index (χ0) is 14.7. The van der Waals surface area contributed by atoms with E-state index in [1.807, 2.05) is 44.2 Å². The second-order valence-corrected chi connectivity index (χ2v) is 3.12. The van der Waals surface area contributed by atoms with E-state index in [4.69, 9.17) is 4.52 Å². The van der Waals surface area contributed by atoms with Crippen LogP contribution in [0.4, 0.5) is 10.1 Å². The lowest BCUT2D eigenvalue weighted by Crippen LogP contribution is -2.11. The predicted octanol–water partition coefficient (Wildman–Crippen LogP) is 3.85. The van der Waals surface area contributed by atoms with Crippen LogP contribution in [0.3, 0.4) is 0 Å². The highest BCUT2D eigenvalue weighted by Crippen LogP contribution is 2.10. The van der Waals surface area contributed by atoms with Gasteiger partial charge in [0.2, 0.25) is 0 Å². The Labute approximate surface area is 112 Å². The normalized spacial score (nSPS) is 8.47. The van der Waals surface area contributed by atoms with Gasteiger partial charge in [0, 0.05) is 5.69 Å². The number of carbonyl (C=O) groups is 1. The van der Waals surface area contributed by atoms with Crippen molar-refractivity contribution in [2.45, 2.75) is 20.8 Å². The third-order valence-electron chi connectivity index (χ3n) is 2.03. The van der Waals surface area contributed by atoms with Gasteiger partial charge in [-0.3, -0.25) is 9.18 Å². The highest BCUT2D eigenvalue weighted by atomic mass is 19.1. The number of hydrogen-bond acceptors (Lipinski definition) is 3. The summed E-state index contributed by atoms with van der Waals surface area (Å²) in [6, 6.07) is 9.24. The van der Waals surface area contributed by atoms with Crippen LogP contribution < -0.4 is 5.32 Å². The van der Waals surface area contributed by atoms with Crippen molar-refractivity contribution in [2.24, 2.45) is 0 Å². The first kappa shape index (κ1) is 16.8. The SMILES string of the molecule is CC.CF.Cc1oncc1C(=O)Nc1ccccc1. The number of hydrogen-bond donors (Lipinski definition) is 1. The van der Waals surface area contributed by atoms with E-state index < -0.39 is 0 Å². The first-order valence-electron chi connectivity index (χ1n) is 5.93. The number of aromatic nitrogens is 1. The molecule has 2 rings (SSSR count). The first-order chi connectivity index (χ1) is 9.27. The summed E-state index contributed by atoms with van der Waals surface area (Å²) < 4.78 is 14.3. The molecule has 5 heteroatoms. The summed E-state index contributed by atoms with van der Waals surface area (Å²) in [5.41, 5.74) is 1.21. The van der Waals surface area contributed by atoms with Gasteiger partial charge >= 0.3 is 0 Å². The quantitative estimate of drug-likeness (QED) is 0.898. The van der Waals surface area contributed by atoms with Crippen LogP contribution in [0.1, 0.15) is 30.0 Å². The molecule has 0 aliphatic carbocycles. The Morgan fingerprint density at radius 3 is 2.26 bits per heavy atom. The standard InChI is InChI=1S/C11H10N2O2.C2H6.CH3F/c1-8-10(7-12-15-8)11(14)13-9-5-3-2-4-6-9;2*1-2/h2-7H,1H3,(H,13,14);1-2H3;1H3. The number of para-hydroxylation sites is 1. The summed E-state index contributed by atoms with van der Waals surface area (Å²) in [7, 11) is 0.500. The first-order valence-corrected chi connectivity index (χ1v) is 5.93. The second-order valence-electron chi connectivity index (χ2n) is 3.12. The van der Waals surface area contributed by atoms with E-state index in [0.29, 0.717) is 18.5 Å². The highest BCUT2D eigenvalue weighted by molar-refractivity contribution is 6.04. The lowest BCUT2D eigenvalue weighted by atomic mass is 10.2. The largest absolute Gasteiger partial charge is 0.361 e. The van der Waals surface area contributed by atoms with Crippen molar-refractivity contribution in [3.8, 4) is 0 Å². The number of benzene rings is 1. The molecule has 0 spiro atoms. The van der Waals surface area contributed by atoms with E-state index in [1.54, 1.807) is 6.92 Å². The van der Waals surface area contributed by atoms with Crippen LogP contribution in [-0.4, -0.2) is 18.2 Å². The molecule has 0 atom stereocenters. The van der Waals surface area contributed by atoms with Crippen LogP contribution in [-0.2, 0) is 0 Å². The molecule has 19 heavy (non-hydrogen) atoms. The molecule has 1 aromatic carbocycles. The number of rotatable bonds is 2. The van der Waals surface area contributed by atoms with Crippen molar-refractivity contribution in [3.05, 3.63) is 47.9 Å². The summed E-state index contributed by atoms with van der Waals surface area (Å²) in [5.74, 6) is 0.309. The number of amides is 1. The summed E-state index contributed by atoms with van der Waals surface area (Å²) in [6.45, 7) is 5.70. The fourth-order valence-corrected chi connectivity index (χ4v) is 1.24. The van der Waals surface area contributed by atoms with E-state index in [0.717, 1.165) is 5.69 Å². The molecule has 1 N–H and O–H groups in total. The van der Waals surface area contributed by atoms with Gasteiger partial charge in [-0.25, -0.2) is 0 Å². The minimum atomic E-state index is -0.208. The minimum absolute atomic E-state index is 0.208. The van der Waals surface area contributed by atoms with Gasteiger partial charge in [0.05, 0.1) is 13.4 Å². The van der Waals surface area contributed by atoms with Gasteiger partial charge < -0.3 is 9.84 Å². The Hall–Kier alpha value is -2.17. The molecule has 2 aromatic rings. The zero-order valence-electron chi connectivity index (χ0n) is 11.6. The molecule has 1 aromatic heterocycles. The zero-order valence-corrected chi connectivity index (χ0v) is 11.6. The molecule has 104 valence electrons. The van der Waals surface area contributed by atoms with Gasteiger partial charge in [-0.15, -0.1) is 0 Å². The van der Waals surface area contributed by atoms with E-state index >= 15 is 0 Å². The Kier molecular flexibility index (Phi) is 8.70. The molecular formula is C14H19FN2O2. The number of alkyl halides is 1. The fraction of sp³-hybridized carbons (Fsp3) is 0.286. The van der Waals surface area contributed by atoms with Crippen molar-refractivity contribution in [1.82, 2.24) is 5.16 Å². The minimum Gasteiger partial charge on any atom is -0.361 e. The van der Waals surface area contributed by atoms with Crippen LogP contribution in [0.15, 0.2) is 41.1 Å². The van der Waals surface area contributed by atoms with E-state index in [9.17, 15) is 9.18 Å². The number of carbonyl (C=O) groups excluding carboxylic acids is 1. The van der Waals surface area contributed by atoms with Gasteiger partial charge in [-0.1, -0.05) is 37.2 Å². The van der Waals surface area contributed by atoms with Crippen LogP contribution >= 0.6 is 0 Å². The summed E-state index contributed by atoms with van der Waals surface area (Å²) in [5, 5.41) is 6.29. The molecule has 0 saturated heterocycles. The van der Waals surface area contributed by atoms with E-state index in [-0.39, 0.29) is 5.91 Å². The van der Waals surface area contributed by atoms with Crippen molar-refractivity contribution in [2.75, 3.05) is 12.5 Å². The molecule has 0 unspecified atom stereocenters. The Balaban J connectivity index is 0.000000741. The molecule has 0 bridgehead atoms. The molecule has 0 radical (unpaired) electrons. The number of aryl methyl sites for hydroxylation is 1. The van der Waals surface area contributed by atoms with Crippen LogP contribution in [0.25, 0.3) is 0 Å². The third kappa shape index (κ3) is 5.33. The van der Waals surface area contributed by atoms with Crippen molar-refractivity contribution in [1.29, 1.82) is 0 Å². The molecule has 0 fully saturated rings. The van der Waals surface area contributed by atoms with Gasteiger partial charge in [0.15, 0.2) is 0 Å². The maximum absolute atomic E-state index is 11.7. The molecule has 0 aliphatic heterocycles. The number of halogens is 1. The smallest absolute Gasteiger partial charge is 0.260 e. The topological polar surface area (TPSA) is 55.1 Å². The maximum atomic E-state index is 11.7. The van der Waals surface area contributed by atoms with Crippen molar-refractivity contribution >= 4 is 11.6 Å². The average molecular weight is 266 g/mol. The van der Waals surface area contributed by atoms with Crippen LogP contribution in [0, 0.1) is 6.92 Å². The van der Waals surface area contributed by atoms with Crippen LogP contribution in [0.5, 0.6) is 0 Å². The Bertz CT molecular complexity index is 469. The lowest BCUT2D eigenvalue weighted by molar-refractivity contribution is 0.102. The third-order valence-corrected chi connectivity index (χ3v) is 2.03. The fourth-order valence-electron chi connectivity index (χ4n) is 1.24. The summed E-state index contributed by atoms with van der Waals surface area (Å²) >= 11 is 0. The Morgan fingerprint density at radius 2 is 1.79 bits per heavy atom. The highest BCUT2D eigenvalue weighted by Gasteiger charge is 2.12. The van der Waals surface area contributed by atoms with Gasteiger partial charge in [-0.2, -0.15) is 0 Å². The van der Waals surface area contributed by atoms with E-state index in [1.165, 1.54) is 6.20 Å². The molecular weight excluding hydrogens is 247 g/mol. The maximum Gasteiger partial charge on any atom is 0.260 e. The van der Waals surface area contributed by atoms with Gasteiger partial charge in [-0.05, 0) is 19.1 Å². The number of nitrogens with zero attached hydrogens (tertiary/aromatic N) is 1. The molecule has 0 aliphatic rings. The van der Waals surface area contributed by atoms with Gasteiger partial charge in [0.25, 0.3) is 5.91 Å². The summed E-state index contributed by atoms with van der Waals surface area (Å²) in [4.78, 5) is 11.7. The molecule has 1 heterocycles. The number of anilines is 1. The number of nitrogens with one attached hydrogen (secondary N) is 1. The monoisotopic (exact) mass is 266 g/mol. The van der Waals surface area contributed by atoms with Gasteiger partial charge in [0.1, 0.15) is 11.3 Å².